The number of hydrogen-bond acceptors (Lipinski definition) is 2. The van der Waals surface area contributed by atoms with Crippen molar-refractivity contribution in [3.63, 3.8) is 0 Å². The Balaban J connectivity index is 0.00000289. The zero-order valence-electron chi connectivity index (χ0n) is 10.6. The van der Waals surface area contributed by atoms with Crippen molar-refractivity contribution in [2.24, 2.45) is 11.7 Å². The van der Waals surface area contributed by atoms with Crippen LogP contribution in [0.1, 0.15) is 38.3 Å². The molecule has 0 aliphatic carbocycles. The molecule has 3 N–H and O–H groups in total. The van der Waals surface area contributed by atoms with E-state index in [2.05, 4.69) is 0 Å². The molecule has 0 bridgehead atoms. The summed E-state index contributed by atoms with van der Waals surface area (Å²) in [6.07, 6.45) is 0.572. The van der Waals surface area contributed by atoms with Crippen LogP contribution in [0, 0.1) is 17.6 Å². The van der Waals surface area contributed by atoms with Gasteiger partial charge in [0, 0.05) is 6.07 Å². The molecule has 0 aliphatic rings. The number of benzene rings is 1. The molecule has 1 rings (SSSR count). The topological polar surface area (TPSA) is 46.2 Å². The molecule has 5 heteroatoms. The lowest BCUT2D eigenvalue weighted by atomic mass is 9.96. The highest BCUT2D eigenvalue weighted by Crippen LogP contribution is 2.21. The highest BCUT2D eigenvalue weighted by molar-refractivity contribution is 5.85. The Morgan fingerprint density at radius 3 is 2.06 bits per heavy atom. The molecule has 0 radical (unpaired) electrons. The highest BCUT2D eigenvalue weighted by atomic mass is 35.5. The largest absolute Gasteiger partial charge is 0.391 e. The fourth-order valence-electron chi connectivity index (χ4n) is 1.67. The van der Waals surface area contributed by atoms with Gasteiger partial charge in [0.2, 0.25) is 0 Å². The number of aliphatic hydroxyl groups excluding tert-OH is 1. The second-order valence-electron chi connectivity index (χ2n) is 4.77. The molecular weight excluding hydrogens is 260 g/mol. The smallest absolute Gasteiger partial charge is 0.126 e. The first-order valence-corrected chi connectivity index (χ1v) is 5.79. The lowest BCUT2D eigenvalue weighted by molar-refractivity contribution is 0.128. The third-order valence-corrected chi connectivity index (χ3v) is 2.72. The molecule has 2 atom stereocenters. The molecule has 1 aromatic rings. The molecule has 0 unspecified atom stereocenters. The van der Waals surface area contributed by atoms with Crippen LogP contribution in [-0.4, -0.2) is 11.2 Å². The Kier molecular flexibility index (Phi) is 7.36. The standard InChI is InChI=1S/C13H19F2NO.ClH/c1-8(2)3-4-12(17)13(16)9-5-10(14)7-11(15)6-9;/h5-8,12-13,17H,3-4,16H2,1-2H3;1H/t12-,13+;/m0./s1. The molecule has 0 heterocycles. The van der Waals surface area contributed by atoms with E-state index in [0.29, 0.717) is 17.9 Å². The molecule has 0 fully saturated rings. The maximum absolute atomic E-state index is 13.0. The Bertz CT molecular complexity index is 354. The zero-order valence-corrected chi connectivity index (χ0v) is 11.4. The number of aliphatic hydroxyl groups is 1. The summed E-state index contributed by atoms with van der Waals surface area (Å²) in [6, 6.07) is 2.36. The quantitative estimate of drug-likeness (QED) is 0.869. The minimum atomic E-state index is -0.779. The monoisotopic (exact) mass is 279 g/mol. The van der Waals surface area contributed by atoms with Crippen molar-refractivity contribution in [1.29, 1.82) is 0 Å². The lowest BCUT2D eigenvalue weighted by Crippen LogP contribution is -2.26. The van der Waals surface area contributed by atoms with Gasteiger partial charge >= 0.3 is 0 Å². The second kappa shape index (κ2) is 7.67. The molecular formula is C13H20ClF2NO. The number of nitrogens with two attached hydrogens (primary N) is 1. The van der Waals surface area contributed by atoms with Gasteiger partial charge in [0.1, 0.15) is 11.6 Å². The van der Waals surface area contributed by atoms with Crippen LogP contribution in [0.3, 0.4) is 0 Å². The molecule has 0 spiro atoms. The normalized spacial score (nSPS) is 14.2. The summed E-state index contributed by atoms with van der Waals surface area (Å²) >= 11 is 0. The first-order valence-electron chi connectivity index (χ1n) is 5.79. The third-order valence-electron chi connectivity index (χ3n) is 2.72. The molecule has 18 heavy (non-hydrogen) atoms. The second-order valence-corrected chi connectivity index (χ2v) is 4.77. The van der Waals surface area contributed by atoms with Gasteiger partial charge in [-0.1, -0.05) is 13.8 Å². The van der Waals surface area contributed by atoms with E-state index in [4.69, 9.17) is 5.73 Å². The number of hydrogen-bond donors (Lipinski definition) is 2. The molecule has 1 aromatic carbocycles. The van der Waals surface area contributed by atoms with Gasteiger partial charge in [-0.2, -0.15) is 0 Å². The van der Waals surface area contributed by atoms with E-state index in [0.717, 1.165) is 24.6 Å². The van der Waals surface area contributed by atoms with Gasteiger partial charge in [0.05, 0.1) is 12.1 Å². The SMILES string of the molecule is CC(C)CC[C@H](O)[C@H](N)c1cc(F)cc(F)c1.Cl. The Morgan fingerprint density at radius 2 is 1.61 bits per heavy atom. The maximum Gasteiger partial charge on any atom is 0.126 e. The van der Waals surface area contributed by atoms with Crippen molar-refractivity contribution in [1.82, 2.24) is 0 Å². The summed E-state index contributed by atoms with van der Waals surface area (Å²) in [5.41, 5.74) is 6.07. The minimum Gasteiger partial charge on any atom is -0.391 e. The highest BCUT2D eigenvalue weighted by Gasteiger charge is 2.18. The average molecular weight is 280 g/mol. The first-order chi connectivity index (χ1) is 7.90. The van der Waals surface area contributed by atoms with E-state index in [9.17, 15) is 13.9 Å². The summed E-state index contributed by atoms with van der Waals surface area (Å²) in [6.45, 7) is 4.08. The van der Waals surface area contributed by atoms with Crippen molar-refractivity contribution in [3.8, 4) is 0 Å². The predicted molar refractivity (Wildman–Crippen MR) is 70.6 cm³/mol. The third kappa shape index (κ3) is 5.29. The van der Waals surface area contributed by atoms with Crippen LogP contribution in [0.15, 0.2) is 18.2 Å². The van der Waals surface area contributed by atoms with E-state index < -0.39 is 23.8 Å². The molecule has 0 amide bonds. The summed E-state index contributed by atoms with van der Waals surface area (Å²) in [5.74, 6) is -0.890. The summed E-state index contributed by atoms with van der Waals surface area (Å²) in [5, 5.41) is 9.83. The summed E-state index contributed by atoms with van der Waals surface area (Å²) < 4.78 is 26.0. The van der Waals surface area contributed by atoms with Crippen LogP contribution in [-0.2, 0) is 0 Å². The fraction of sp³-hybridized carbons (Fsp3) is 0.538. The van der Waals surface area contributed by atoms with Gasteiger partial charge in [0.25, 0.3) is 0 Å². The van der Waals surface area contributed by atoms with Gasteiger partial charge in [-0.15, -0.1) is 12.4 Å². The van der Waals surface area contributed by atoms with Crippen molar-refractivity contribution < 1.29 is 13.9 Å². The molecule has 0 aromatic heterocycles. The van der Waals surface area contributed by atoms with Crippen LogP contribution >= 0.6 is 12.4 Å². The van der Waals surface area contributed by atoms with E-state index in [1.165, 1.54) is 0 Å². The predicted octanol–water partition coefficient (Wildman–Crippen LogP) is 3.18. The van der Waals surface area contributed by atoms with Gasteiger partial charge in [-0.3, -0.25) is 0 Å². The van der Waals surface area contributed by atoms with Crippen molar-refractivity contribution in [2.45, 2.75) is 38.8 Å². The van der Waals surface area contributed by atoms with E-state index in [-0.39, 0.29) is 12.4 Å². The van der Waals surface area contributed by atoms with Crippen LogP contribution in [0.2, 0.25) is 0 Å². The summed E-state index contributed by atoms with van der Waals surface area (Å²) in [4.78, 5) is 0. The van der Waals surface area contributed by atoms with Crippen molar-refractivity contribution in [3.05, 3.63) is 35.4 Å². The molecule has 0 aliphatic heterocycles. The van der Waals surface area contributed by atoms with Gasteiger partial charge in [0.15, 0.2) is 0 Å². The van der Waals surface area contributed by atoms with Crippen LogP contribution in [0.25, 0.3) is 0 Å². The Labute approximate surface area is 113 Å². The van der Waals surface area contributed by atoms with Crippen molar-refractivity contribution in [2.75, 3.05) is 0 Å². The molecule has 2 nitrogen and oxygen atoms in total. The number of rotatable bonds is 5. The van der Waals surface area contributed by atoms with Gasteiger partial charge in [-0.05, 0) is 36.5 Å². The van der Waals surface area contributed by atoms with E-state index in [1.807, 2.05) is 13.8 Å². The molecule has 0 saturated carbocycles. The maximum atomic E-state index is 13.0. The van der Waals surface area contributed by atoms with Crippen molar-refractivity contribution >= 4 is 12.4 Å². The van der Waals surface area contributed by atoms with Gasteiger partial charge in [-0.25, -0.2) is 8.78 Å². The van der Waals surface area contributed by atoms with E-state index in [1.54, 1.807) is 0 Å². The average Bonchev–Trinajstić information content (AvgIpc) is 2.23. The summed E-state index contributed by atoms with van der Waals surface area (Å²) in [7, 11) is 0. The Morgan fingerprint density at radius 1 is 1.11 bits per heavy atom. The van der Waals surface area contributed by atoms with Crippen LogP contribution in [0.4, 0.5) is 8.78 Å². The number of halogens is 3. The zero-order chi connectivity index (χ0) is 13.0. The molecule has 104 valence electrons. The van der Waals surface area contributed by atoms with Crippen LogP contribution in [0.5, 0.6) is 0 Å². The minimum absolute atomic E-state index is 0. The lowest BCUT2D eigenvalue weighted by Gasteiger charge is -2.20. The van der Waals surface area contributed by atoms with Gasteiger partial charge < -0.3 is 10.8 Å². The fourth-order valence-corrected chi connectivity index (χ4v) is 1.67. The first kappa shape index (κ1) is 17.3. The Hall–Kier alpha value is -0.710. The van der Waals surface area contributed by atoms with Crippen LogP contribution < -0.4 is 5.73 Å². The van der Waals surface area contributed by atoms with E-state index >= 15 is 0 Å². The molecule has 0 saturated heterocycles.